The van der Waals surface area contributed by atoms with Gasteiger partial charge in [-0.15, -0.1) is 22.7 Å². The van der Waals surface area contributed by atoms with Crippen LogP contribution in [-0.4, -0.2) is 28.0 Å². The summed E-state index contributed by atoms with van der Waals surface area (Å²) in [6, 6.07) is 31.6. The van der Waals surface area contributed by atoms with Crippen LogP contribution in [-0.2, 0) is 19.7 Å². The highest BCUT2D eigenvalue weighted by atomic mass is 32.2. The molecule has 3 heterocycles. The zero-order chi connectivity index (χ0) is 30.7. The monoisotopic (exact) mass is 643 g/mol. The van der Waals surface area contributed by atoms with Gasteiger partial charge in [-0.2, -0.15) is 5.26 Å². The van der Waals surface area contributed by atoms with Crippen molar-refractivity contribution in [2.24, 2.45) is 4.99 Å². The molecule has 0 bridgehead atoms. The number of pyridine rings is 1. The van der Waals surface area contributed by atoms with E-state index < -0.39 is 19.7 Å². The van der Waals surface area contributed by atoms with Gasteiger partial charge in [0.1, 0.15) is 0 Å². The molecule has 0 N–H and O–H groups in total. The molecule has 6 rings (SSSR count). The molecule has 0 radical (unpaired) electrons. The summed E-state index contributed by atoms with van der Waals surface area (Å²) < 4.78 is 47.3. The lowest BCUT2D eigenvalue weighted by Gasteiger charge is -2.03. The molecule has 0 aliphatic carbocycles. The third-order valence-corrected chi connectivity index (χ3v) is 10.4. The quantitative estimate of drug-likeness (QED) is 0.107. The third-order valence-electron chi connectivity index (χ3n) is 5.81. The van der Waals surface area contributed by atoms with Crippen molar-refractivity contribution < 1.29 is 16.8 Å². The van der Waals surface area contributed by atoms with E-state index in [-0.39, 0.29) is 14.8 Å². The molecule has 216 valence electrons. The van der Waals surface area contributed by atoms with Crippen LogP contribution in [0.15, 0.2) is 146 Å². The molecule has 6 aromatic rings. The number of thiophene rings is 2. The van der Waals surface area contributed by atoms with E-state index in [1.165, 1.54) is 28.0 Å². The van der Waals surface area contributed by atoms with Crippen LogP contribution in [0.25, 0.3) is 10.1 Å². The summed E-state index contributed by atoms with van der Waals surface area (Å²) in [5.41, 5.74) is 2.29. The van der Waals surface area contributed by atoms with E-state index in [0.29, 0.717) is 0 Å². The summed E-state index contributed by atoms with van der Waals surface area (Å²) in [5.74, 6) is 0. The fourth-order valence-corrected chi connectivity index (χ4v) is 6.91. The number of thiocyanates is 1. The topological polar surface area (TPSA) is 117 Å². The molecule has 3 aromatic heterocycles. The number of para-hydroxylation sites is 1. The summed E-state index contributed by atoms with van der Waals surface area (Å²) in [6.45, 7) is 2.10. The van der Waals surface area contributed by atoms with Gasteiger partial charge in [0.25, 0.3) is 9.84 Å². The molecule has 7 nitrogen and oxygen atoms in total. The van der Waals surface area contributed by atoms with E-state index >= 15 is 0 Å². The van der Waals surface area contributed by atoms with Crippen LogP contribution in [0.1, 0.15) is 10.4 Å². The molecule has 43 heavy (non-hydrogen) atoms. The van der Waals surface area contributed by atoms with Gasteiger partial charge in [0, 0.05) is 17.3 Å². The highest BCUT2D eigenvalue weighted by molar-refractivity contribution is 7.96. The predicted molar refractivity (Wildman–Crippen MR) is 174 cm³/mol. The number of sulfone groups is 2. The maximum absolute atomic E-state index is 12.3. The van der Waals surface area contributed by atoms with Crippen molar-refractivity contribution in [2.75, 3.05) is 0 Å². The number of aliphatic imine (C=N–C) groups is 1. The van der Waals surface area contributed by atoms with Gasteiger partial charge < -0.3 is 0 Å². The molecule has 0 amide bonds. The molecule has 0 aliphatic heterocycles. The summed E-state index contributed by atoms with van der Waals surface area (Å²) in [4.78, 5) is 9.99. The Kier molecular flexibility index (Phi) is 10.7. The molecular formula is C32H25N3O4S4. The Balaban J connectivity index is 0.000000153. The van der Waals surface area contributed by atoms with Crippen LogP contribution in [0.3, 0.4) is 0 Å². The number of rotatable bonds is 5. The van der Waals surface area contributed by atoms with Crippen LogP contribution >= 0.6 is 22.7 Å². The zero-order valence-corrected chi connectivity index (χ0v) is 26.1. The average Bonchev–Trinajstić information content (AvgIpc) is 3.70. The number of nitrogens with zero attached hydrogens (tertiary/aromatic N) is 3. The molecule has 0 fully saturated rings. The highest BCUT2D eigenvalue weighted by Crippen LogP contribution is 2.25. The van der Waals surface area contributed by atoms with E-state index in [9.17, 15) is 16.8 Å². The van der Waals surface area contributed by atoms with Crippen LogP contribution in [0.2, 0.25) is 0 Å². The van der Waals surface area contributed by atoms with Gasteiger partial charge >= 0.3 is 0 Å². The Morgan fingerprint density at radius 1 is 0.767 bits per heavy atom. The van der Waals surface area contributed by atoms with E-state index in [0.717, 1.165) is 15.8 Å². The fourth-order valence-electron chi connectivity index (χ4n) is 3.53. The minimum absolute atomic E-state index is 0.0440. The van der Waals surface area contributed by atoms with Crippen LogP contribution < -0.4 is 0 Å². The smallest absolute Gasteiger partial charge is 0.255 e. The normalized spacial score (nSPS) is 11.2. The second-order valence-corrected chi connectivity index (χ2v) is 14.2. The van der Waals surface area contributed by atoms with E-state index in [2.05, 4.69) is 28.3 Å². The summed E-state index contributed by atoms with van der Waals surface area (Å²) >= 11 is 3.26. The van der Waals surface area contributed by atoms with Crippen molar-refractivity contribution in [1.82, 2.24) is 4.98 Å². The molecule has 0 spiro atoms. The average molecular weight is 644 g/mol. The van der Waals surface area contributed by atoms with Crippen molar-refractivity contribution in [3.63, 3.8) is 0 Å². The molecular weight excluding hydrogens is 619 g/mol. The first-order valence-corrected chi connectivity index (χ1v) is 17.4. The Bertz CT molecular complexity index is 2070. The van der Waals surface area contributed by atoms with Crippen LogP contribution in [0, 0.1) is 17.6 Å². The second-order valence-electron chi connectivity index (χ2n) is 8.77. The highest BCUT2D eigenvalue weighted by Gasteiger charge is 2.19. The molecule has 0 saturated heterocycles. The molecule has 0 atom stereocenters. The van der Waals surface area contributed by atoms with Crippen LogP contribution in [0.4, 0.5) is 5.69 Å². The van der Waals surface area contributed by atoms with E-state index in [4.69, 9.17) is 5.26 Å². The fraction of sp³-hybridized carbons (Fsp3) is 0.0312. The third kappa shape index (κ3) is 8.53. The van der Waals surface area contributed by atoms with Crippen molar-refractivity contribution in [1.29, 1.82) is 5.26 Å². The minimum Gasteiger partial charge on any atom is -0.255 e. The maximum Gasteiger partial charge on any atom is 0.269 e. The number of fused-ring (bicyclic) bond motifs is 1. The van der Waals surface area contributed by atoms with Crippen molar-refractivity contribution in [2.45, 2.75) is 21.7 Å². The Labute approximate surface area is 258 Å². The largest absolute Gasteiger partial charge is 0.269 e. The summed E-state index contributed by atoms with van der Waals surface area (Å²) in [5, 5.41) is 14.5. The number of nitriles is 1. The van der Waals surface area contributed by atoms with Crippen molar-refractivity contribution >= 4 is 64.3 Å². The lowest BCUT2D eigenvalue weighted by molar-refractivity contribution is 0.592. The number of hydrogen-bond acceptors (Lipinski definition) is 9. The standard InChI is InChI=1S/C13H9NO2S2.C12H11NS.C7H5NO2S/c15-18(16,11-4-2-1-3-5-11)13-8-10-6-7-17-12(10)9-14-13;1-10-7-8-14-12(10)9-13-11-5-3-2-4-6-11;8-6-11(9,10)7-4-2-1-3-5-7/h1-9H;2-9H,1H3;1-5H. The van der Waals surface area contributed by atoms with Crippen molar-refractivity contribution in [3.05, 3.63) is 137 Å². The molecule has 11 heteroatoms. The second kappa shape index (κ2) is 14.6. The molecule has 0 saturated carbocycles. The first-order chi connectivity index (χ1) is 20.7. The number of aryl methyl sites for hydroxylation is 1. The summed E-state index contributed by atoms with van der Waals surface area (Å²) in [6.07, 6.45) is 3.53. The molecule has 0 aliphatic rings. The maximum atomic E-state index is 12.3. The van der Waals surface area contributed by atoms with Crippen LogP contribution in [0.5, 0.6) is 0 Å². The lowest BCUT2D eigenvalue weighted by atomic mass is 10.3. The first kappa shape index (κ1) is 31.5. The van der Waals surface area contributed by atoms with E-state index in [1.54, 1.807) is 83.5 Å². The minimum atomic E-state index is -3.69. The Hall–Kier alpha value is -4.47. The Morgan fingerprint density at radius 2 is 1.35 bits per heavy atom. The molecule has 0 unspecified atom stereocenters. The molecule has 3 aromatic carbocycles. The number of aromatic nitrogens is 1. The summed E-state index contributed by atoms with van der Waals surface area (Å²) in [7, 11) is -7.21. The van der Waals surface area contributed by atoms with Gasteiger partial charge in [-0.05, 0) is 83.2 Å². The van der Waals surface area contributed by atoms with Gasteiger partial charge in [0.2, 0.25) is 9.84 Å². The zero-order valence-electron chi connectivity index (χ0n) is 22.8. The first-order valence-electron chi connectivity index (χ1n) is 12.7. The van der Waals surface area contributed by atoms with Gasteiger partial charge in [-0.1, -0.05) is 54.6 Å². The van der Waals surface area contributed by atoms with Crippen molar-refractivity contribution in [3.8, 4) is 5.40 Å². The Morgan fingerprint density at radius 3 is 1.93 bits per heavy atom. The SMILES string of the molecule is Cc1ccsc1C=Nc1ccccc1.N#CS(=O)(=O)c1ccccc1.O=S(=O)(c1ccccc1)c1cc2ccsc2cn1. The van der Waals surface area contributed by atoms with Gasteiger partial charge in [-0.3, -0.25) is 4.99 Å². The van der Waals surface area contributed by atoms with Gasteiger partial charge in [0.05, 0.1) is 20.2 Å². The number of benzene rings is 3. The van der Waals surface area contributed by atoms with Gasteiger partial charge in [-0.25, -0.2) is 21.8 Å². The van der Waals surface area contributed by atoms with Gasteiger partial charge in [0.15, 0.2) is 10.4 Å². The number of hydrogen-bond donors (Lipinski definition) is 0. The lowest BCUT2D eigenvalue weighted by Crippen LogP contribution is -2.03. The van der Waals surface area contributed by atoms with E-state index in [1.807, 2.05) is 48.0 Å². The predicted octanol–water partition coefficient (Wildman–Crippen LogP) is 7.88.